The third-order valence-corrected chi connectivity index (χ3v) is 4.60. The van der Waals surface area contributed by atoms with Crippen LogP contribution in [-0.4, -0.2) is 47.5 Å². The molecular weight excluding hydrogens is 370 g/mol. The van der Waals surface area contributed by atoms with Crippen LogP contribution in [-0.2, 0) is 9.53 Å². The van der Waals surface area contributed by atoms with Crippen molar-refractivity contribution >= 4 is 23.6 Å². The van der Waals surface area contributed by atoms with Gasteiger partial charge in [-0.25, -0.2) is 4.79 Å². The first-order chi connectivity index (χ1) is 13.4. The molecule has 1 fully saturated rings. The highest BCUT2D eigenvalue weighted by atomic mass is 16.6. The molecule has 3 amide bonds. The second kappa shape index (κ2) is 8.84. The molecule has 1 atom stereocenters. The first-order valence-corrected chi connectivity index (χ1v) is 10.1. The lowest BCUT2D eigenvalue weighted by atomic mass is 9.95. The molecule has 2 rings (SSSR count). The summed E-state index contributed by atoms with van der Waals surface area (Å²) in [5, 5.41) is 5.73. The lowest BCUT2D eigenvalue weighted by Crippen LogP contribution is -2.45. The number of carbonyl (C=O) groups excluding carboxylic acids is 3. The summed E-state index contributed by atoms with van der Waals surface area (Å²) in [6.45, 7) is 11.9. The van der Waals surface area contributed by atoms with Gasteiger partial charge in [-0.15, -0.1) is 0 Å². The number of anilines is 1. The average Bonchev–Trinajstić information content (AvgIpc) is 3.06. The maximum Gasteiger partial charge on any atom is 0.410 e. The Morgan fingerprint density at radius 2 is 1.76 bits per heavy atom. The fourth-order valence-corrected chi connectivity index (χ4v) is 3.01. The summed E-state index contributed by atoms with van der Waals surface area (Å²) in [5.74, 6) is -0.449. The van der Waals surface area contributed by atoms with Crippen LogP contribution in [0.4, 0.5) is 10.5 Å². The number of para-hydroxylation sites is 1. The minimum Gasteiger partial charge on any atom is -0.444 e. The number of amides is 3. The van der Waals surface area contributed by atoms with Gasteiger partial charge >= 0.3 is 6.09 Å². The predicted octanol–water partition coefficient (Wildman–Crippen LogP) is 3.80. The monoisotopic (exact) mass is 403 g/mol. The molecule has 29 heavy (non-hydrogen) atoms. The number of nitrogens with zero attached hydrogens (tertiary/aromatic N) is 1. The zero-order valence-corrected chi connectivity index (χ0v) is 18.3. The van der Waals surface area contributed by atoms with Crippen molar-refractivity contribution in [3.63, 3.8) is 0 Å². The third-order valence-electron chi connectivity index (χ3n) is 4.60. The molecule has 160 valence electrons. The fourth-order valence-electron chi connectivity index (χ4n) is 3.01. The molecule has 0 aliphatic carbocycles. The van der Waals surface area contributed by atoms with Crippen molar-refractivity contribution < 1.29 is 19.1 Å². The second-order valence-electron chi connectivity index (χ2n) is 9.43. The molecule has 1 aromatic rings. The fraction of sp³-hybridized carbons (Fsp3) is 0.591. The summed E-state index contributed by atoms with van der Waals surface area (Å²) in [6, 6.07) is 6.81. The van der Waals surface area contributed by atoms with Gasteiger partial charge in [-0.1, -0.05) is 32.9 Å². The van der Waals surface area contributed by atoms with E-state index in [1.54, 1.807) is 29.2 Å². The second-order valence-corrected chi connectivity index (χ2v) is 9.43. The van der Waals surface area contributed by atoms with Crippen LogP contribution in [0.15, 0.2) is 24.3 Å². The highest BCUT2D eigenvalue weighted by Gasteiger charge is 2.32. The summed E-state index contributed by atoms with van der Waals surface area (Å²) < 4.78 is 5.46. The van der Waals surface area contributed by atoms with E-state index in [-0.39, 0.29) is 23.9 Å². The Bertz CT molecular complexity index is 762. The normalized spacial score (nSPS) is 17.0. The van der Waals surface area contributed by atoms with E-state index in [9.17, 15) is 14.4 Å². The van der Waals surface area contributed by atoms with Crippen LogP contribution < -0.4 is 10.6 Å². The molecule has 0 bridgehead atoms. The van der Waals surface area contributed by atoms with Gasteiger partial charge in [0, 0.05) is 18.5 Å². The van der Waals surface area contributed by atoms with Crippen molar-refractivity contribution in [2.75, 3.05) is 18.4 Å². The predicted molar refractivity (Wildman–Crippen MR) is 113 cm³/mol. The van der Waals surface area contributed by atoms with Gasteiger partial charge in [0.05, 0.1) is 17.3 Å². The van der Waals surface area contributed by atoms with E-state index in [0.717, 1.165) is 12.8 Å². The molecule has 7 nitrogen and oxygen atoms in total. The Labute approximate surface area is 173 Å². The van der Waals surface area contributed by atoms with Crippen molar-refractivity contribution in [1.29, 1.82) is 0 Å². The van der Waals surface area contributed by atoms with Crippen molar-refractivity contribution in [3.8, 4) is 0 Å². The topological polar surface area (TPSA) is 87.7 Å². The summed E-state index contributed by atoms with van der Waals surface area (Å²) in [5.41, 5.74) is -0.258. The van der Waals surface area contributed by atoms with Gasteiger partial charge in [-0.3, -0.25) is 9.59 Å². The van der Waals surface area contributed by atoms with E-state index in [1.807, 2.05) is 41.5 Å². The molecule has 2 N–H and O–H groups in total. The first kappa shape index (κ1) is 22.7. The Morgan fingerprint density at radius 1 is 1.10 bits per heavy atom. The maximum atomic E-state index is 12.8. The highest BCUT2D eigenvalue weighted by molar-refractivity contribution is 6.04. The Hall–Kier alpha value is -2.57. The number of carbonyl (C=O) groups is 3. The largest absolute Gasteiger partial charge is 0.444 e. The van der Waals surface area contributed by atoms with Gasteiger partial charge in [-0.05, 0) is 45.7 Å². The SMILES string of the molecule is CC(C)(C)OC(=O)N1CCC[C@H]1CNC(=O)c1ccccc1NC(=O)C(C)(C)C. The molecular formula is C22H33N3O4. The van der Waals surface area contributed by atoms with Gasteiger partial charge in [0.25, 0.3) is 5.91 Å². The number of hydrogen-bond acceptors (Lipinski definition) is 4. The standard InChI is InChI=1S/C22H33N3O4/c1-21(2,3)19(27)24-17-12-8-7-11-16(17)18(26)23-14-15-10-9-13-25(15)20(28)29-22(4,5)6/h7-8,11-12,15H,9-10,13-14H2,1-6H3,(H,23,26)(H,24,27)/t15-/m0/s1. The van der Waals surface area contributed by atoms with Crippen LogP contribution in [0.3, 0.4) is 0 Å². The first-order valence-electron chi connectivity index (χ1n) is 10.1. The third kappa shape index (κ3) is 6.48. The van der Waals surface area contributed by atoms with Gasteiger partial charge in [0.2, 0.25) is 5.91 Å². The van der Waals surface area contributed by atoms with Gasteiger partial charge < -0.3 is 20.3 Å². The van der Waals surface area contributed by atoms with Crippen LogP contribution >= 0.6 is 0 Å². The quantitative estimate of drug-likeness (QED) is 0.800. The van der Waals surface area contributed by atoms with E-state index in [0.29, 0.717) is 24.3 Å². The maximum absolute atomic E-state index is 12.8. The number of benzene rings is 1. The van der Waals surface area contributed by atoms with Gasteiger partial charge in [0.15, 0.2) is 0 Å². The van der Waals surface area contributed by atoms with Crippen molar-refractivity contribution in [1.82, 2.24) is 10.2 Å². The number of nitrogens with one attached hydrogen (secondary N) is 2. The minimum absolute atomic E-state index is 0.106. The average molecular weight is 404 g/mol. The molecule has 1 aliphatic rings. The van der Waals surface area contributed by atoms with E-state index in [4.69, 9.17) is 4.74 Å². The molecule has 0 spiro atoms. The Morgan fingerprint density at radius 3 is 2.38 bits per heavy atom. The van der Waals surface area contributed by atoms with Crippen LogP contribution in [0.1, 0.15) is 64.7 Å². The van der Waals surface area contributed by atoms with Crippen LogP contribution in [0.2, 0.25) is 0 Å². The van der Waals surface area contributed by atoms with Crippen LogP contribution in [0.25, 0.3) is 0 Å². The molecule has 1 heterocycles. The van der Waals surface area contributed by atoms with E-state index in [1.165, 1.54) is 0 Å². The number of likely N-dealkylation sites (tertiary alicyclic amines) is 1. The highest BCUT2D eigenvalue weighted by Crippen LogP contribution is 2.22. The summed E-state index contributed by atoms with van der Waals surface area (Å²) in [7, 11) is 0. The summed E-state index contributed by atoms with van der Waals surface area (Å²) >= 11 is 0. The van der Waals surface area contributed by atoms with Crippen LogP contribution in [0.5, 0.6) is 0 Å². The molecule has 0 unspecified atom stereocenters. The zero-order chi connectivity index (χ0) is 21.8. The number of ether oxygens (including phenoxy) is 1. The number of rotatable bonds is 4. The van der Waals surface area contributed by atoms with Crippen molar-refractivity contribution in [2.45, 2.75) is 66.0 Å². The summed E-state index contributed by atoms with van der Waals surface area (Å²) in [4.78, 5) is 39.1. The molecule has 0 radical (unpaired) electrons. The minimum atomic E-state index is -0.568. The number of hydrogen-bond donors (Lipinski definition) is 2. The van der Waals surface area contributed by atoms with Gasteiger partial charge in [0.1, 0.15) is 5.60 Å². The van der Waals surface area contributed by atoms with E-state index >= 15 is 0 Å². The van der Waals surface area contributed by atoms with E-state index in [2.05, 4.69) is 10.6 Å². The Balaban J connectivity index is 2.02. The molecule has 0 saturated carbocycles. The lowest BCUT2D eigenvalue weighted by Gasteiger charge is -2.28. The molecule has 1 aliphatic heterocycles. The molecule has 1 saturated heterocycles. The van der Waals surface area contributed by atoms with Crippen LogP contribution in [0, 0.1) is 5.41 Å². The van der Waals surface area contributed by atoms with E-state index < -0.39 is 11.0 Å². The molecule has 1 aromatic carbocycles. The van der Waals surface area contributed by atoms with Crippen molar-refractivity contribution in [3.05, 3.63) is 29.8 Å². The molecule has 7 heteroatoms. The molecule has 0 aromatic heterocycles. The summed E-state index contributed by atoms with van der Waals surface area (Å²) in [6.07, 6.45) is 1.33. The van der Waals surface area contributed by atoms with Crippen molar-refractivity contribution in [2.24, 2.45) is 5.41 Å². The smallest absolute Gasteiger partial charge is 0.410 e. The zero-order valence-electron chi connectivity index (χ0n) is 18.3. The lowest BCUT2D eigenvalue weighted by molar-refractivity contribution is -0.123. The van der Waals surface area contributed by atoms with Gasteiger partial charge in [-0.2, -0.15) is 0 Å². The Kier molecular flexibility index (Phi) is 6.93.